The average Bonchev–Trinajstić information content (AvgIpc) is 2.65. The van der Waals surface area contributed by atoms with Gasteiger partial charge in [0.2, 0.25) is 0 Å². The first kappa shape index (κ1) is 11.3. The highest BCUT2D eigenvalue weighted by molar-refractivity contribution is 5.54. The topological polar surface area (TPSA) is 15.3 Å². The van der Waals surface area contributed by atoms with E-state index in [0.29, 0.717) is 6.04 Å². The quantitative estimate of drug-likeness (QED) is 0.837. The molecule has 0 aromatic heterocycles. The second-order valence-corrected chi connectivity index (χ2v) is 5.10. The van der Waals surface area contributed by atoms with E-state index < -0.39 is 0 Å². The second-order valence-electron chi connectivity index (χ2n) is 5.10. The van der Waals surface area contributed by atoms with Gasteiger partial charge in [-0.1, -0.05) is 13.3 Å². The Morgan fingerprint density at radius 3 is 2.31 bits per heavy atom. The van der Waals surface area contributed by atoms with Crippen molar-refractivity contribution >= 4 is 11.4 Å². The van der Waals surface area contributed by atoms with E-state index in [1.165, 1.54) is 30.6 Å². The van der Waals surface area contributed by atoms with Gasteiger partial charge in [-0.15, -0.1) is 0 Å². The Morgan fingerprint density at radius 1 is 1.12 bits per heavy atom. The molecule has 0 radical (unpaired) electrons. The predicted octanol–water partition coefficient (Wildman–Crippen LogP) is 3.35. The van der Waals surface area contributed by atoms with Crippen LogP contribution in [-0.4, -0.2) is 20.1 Å². The monoisotopic (exact) mass is 218 g/mol. The van der Waals surface area contributed by atoms with Crippen molar-refractivity contribution in [2.75, 3.05) is 24.3 Å². The van der Waals surface area contributed by atoms with E-state index in [4.69, 9.17) is 0 Å². The van der Waals surface area contributed by atoms with E-state index in [0.717, 1.165) is 5.92 Å². The molecule has 0 saturated heterocycles. The molecule has 1 aliphatic carbocycles. The highest BCUT2D eigenvalue weighted by Gasteiger charge is 2.22. The first-order valence-electron chi connectivity index (χ1n) is 6.21. The van der Waals surface area contributed by atoms with Crippen LogP contribution in [0.15, 0.2) is 24.3 Å². The summed E-state index contributed by atoms with van der Waals surface area (Å²) in [5, 5.41) is 3.64. The lowest BCUT2D eigenvalue weighted by Gasteiger charge is -2.19. The molecule has 1 aromatic carbocycles. The Morgan fingerprint density at radius 2 is 1.81 bits per heavy atom. The summed E-state index contributed by atoms with van der Waals surface area (Å²) >= 11 is 0. The largest absolute Gasteiger partial charge is 0.382 e. The first-order chi connectivity index (χ1) is 7.66. The number of hydrogen-bond acceptors (Lipinski definition) is 2. The lowest BCUT2D eigenvalue weighted by Crippen LogP contribution is -2.21. The molecule has 2 atom stereocenters. The lowest BCUT2D eigenvalue weighted by atomic mass is 10.1. The maximum Gasteiger partial charge on any atom is 0.0362 e. The van der Waals surface area contributed by atoms with Crippen LogP contribution in [0, 0.1) is 5.92 Å². The van der Waals surface area contributed by atoms with Crippen LogP contribution in [0.4, 0.5) is 11.4 Å². The Balaban J connectivity index is 1.99. The molecule has 1 N–H and O–H groups in total. The fourth-order valence-corrected chi connectivity index (χ4v) is 2.43. The van der Waals surface area contributed by atoms with Crippen molar-refractivity contribution in [1.82, 2.24) is 0 Å². The molecule has 2 heteroatoms. The summed E-state index contributed by atoms with van der Waals surface area (Å²) in [5.41, 5.74) is 2.51. The van der Waals surface area contributed by atoms with Crippen molar-refractivity contribution in [3.05, 3.63) is 24.3 Å². The van der Waals surface area contributed by atoms with E-state index in [-0.39, 0.29) is 0 Å². The molecule has 16 heavy (non-hydrogen) atoms. The van der Waals surface area contributed by atoms with Gasteiger partial charge in [0, 0.05) is 31.5 Å². The molecule has 88 valence electrons. The highest BCUT2D eigenvalue weighted by atomic mass is 15.1. The molecule has 1 fully saturated rings. The molecule has 0 aliphatic heterocycles. The number of benzene rings is 1. The predicted molar refractivity (Wildman–Crippen MR) is 71.2 cm³/mol. The van der Waals surface area contributed by atoms with Crippen LogP contribution < -0.4 is 10.2 Å². The van der Waals surface area contributed by atoms with Gasteiger partial charge in [0.15, 0.2) is 0 Å². The van der Waals surface area contributed by atoms with Crippen molar-refractivity contribution in [2.24, 2.45) is 5.92 Å². The number of nitrogens with one attached hydrogen (secondary N) is 1. The molecule has 0 bridgehead atoms. The van der Waals surface area contributed by atoms with Gasteiger partial charge in [-0.2, -0.15) is 0 Å². The molecule has 1 aliphatic rings. The first-order valence-corrected chi connectivity index (χ1v) is 6.21. The van der Waals surface area contributed by atoms with Gasteiger partial charge < -0.3 is 10.2 Å². The van der Waals surface area contributed by atoms with E-state index in [1.54, 1.807) is 0 Å². The maximum atomic E-state index is 3.64. The van der Waals surface area contributed by atoms with Crippen LogP contribution in [0.25, 0.3) is 0 Å². The van der Waals surface area contributed by atoms with Crippen LogP contribution in [0.3, 0.4) is 0 Å². The van der Waals surface area contributed by atoms with Crippen LogP contribution in [0.1, 0.15) is 26.2 Å². The molecule has 2 rings (SSSR count). The zero-order valence-electron chi connectivity index (χ0n) is 10.5. The van der Waals surface area contributed by atoms with E-state index >= 15 is 0 Å². The number of hydrogen-bond donors (Lipinski definition) is 1. The Hall–Kier alpha value is -1.18. The minimum absolute atomic E-state index is 0.671. The highest BCUT2D eigenvalue weighted by Crippen LogP contribution is 2.28. The molecule has 0 heterocycles. The summed E-state index contributed by atoms with van der Waals surface area (Å²) in [6.07, 6.45) is 4.05. The van der Waals surface area contributed by atoms with Gasteiger partial charge in [-0.05, 0) is 43.0 Å². The van der Waals surface area contributed by atoms with E-state index in [1.807, 2.05) is 0 Å². The molecule has 2 unspecified atom stereocenters. The molecule has 2 nitrogen and oxygen atoms in total. The lowest BCUT2D eigenvalue weighted by molar-refractivity contribution is 0.556. The Labute approximate surface area is 98.7 Å². The molecule has 0 amide bonds. The van der Waals surface area contributed by atoms with Gasteiger partial charge >= 0.3 is 0 Å². The number of anilines is 2. The van der Waals surface area contributed by atoms with Crippen LogP contribution >= 0.6 is 0 Å². The molecule has 1 saturated carbocycles. The summed E-state index contributed by atoms with van der Waals surface area (Å²) in [5.74, 6) is 0.813. The Bertz CT molecular complexity index is 329. The summed E-state index contributed by atoms with van der Waals surface area (Å²) in [7, 11) is 4.14. The van der Waals surface area contributed by atoms with E-state index in [2.05, 4.69) is 55.5 Å². The molecule has 0 spiro atoms. The summed E-state index contributed by atoms with van der Waals surface area (Å²) in [6, 6.07) is 9.37. The summed E-state index contributed by atoms with van der Waals surface area (Å²) in [4.78, 5) is 2.13. The van der Waals surface area contributed by atoms with Gasteiger partial charge in [0.25, 0.3) is 0 Å². The third-order valence-corrected chi connectivity index (χ3v) is 3.60. The number of nitrogens with zero attached hydrogens (tertiary/aromatic N) is 1. The van der Waals surface area contributed by atoms with Crippen molar-refractivity contribution in [3.8, 4) is 0 Å². The van der Waals surface area contributed by atoms with E-state index in [9.17, 15) is 0 Å². The molecular weight excluding hydrogens is 196 g/mol. The summed E-state index contributed by atoms with van der Waals surface area (Å²) in [6.45, 7) is 2.35. The second kappa shape index (κ2) is 4.77. The summed E-state index contributed by atoms with van der Waals surface area (Å²) < 4.78 is 0. The minimum Gasteiger partial charge on any atom is -0.382 e. The Kier molecular flexibility index (Phi) is 3.37. The van der Waals surface area contributed by atoms with Gasteiger partial charge in [-0.3, -0.25) is 0 Å². The third-order valence-electron chi connectivity index (χ3n) is 3.60. The van der Waals surface area contributed by atoms with Crippen molar-refractivity contribution in [3.63, 3.8) is 0 Å². The number of rotatable bonds is 3. The van der Waals surface area contributed by atoms with Crippen molar-refractivity contribution in [2.45, 2.75) is 32.2 Å². The SMILES string of the molecule is CC1CCCC1Nc1ccc(N(C)C)cc1. The van der Waals surface area contributed by atoms with Crippen LogP contribution in [0.2, 0.25) is 0 Å². The average molecular weight is 218 g/mol. The smallest absolute Gasteiger partial charge is 0.0362 e. The zero-order chi connectivity index (χ0) is 11.5. The minimum atomic E-state index is 0.671. The normalized spacial score (nSPS) is 24.4. The van der Waals surface area contributed by atoms with Crippen molar-refractivity contribution < 1.29 is 0 Å². The fourth-order valence-electron chi connectivity index (χ4n) is 2.43. The third kappa shape index (κ3) is 2.49. The van der Waals surface area contributed by atoms with Gasteiger partial charge in [-0.25, -0.2) is 0 Å². The fraction of sp³-hybridized carbons (Fsp3) is 0.571. The zero-order valence-corrected chi connectivity index (χ0v) is 10.5. The molecular formula is C14H22N2. The van der Waals surface area contributed by atoms with Crippen molar-refractivity contribution in [1.29, 1.82) is 0 Å². The standard InChI is InChI=1S/C14H22N2/c1-11-5-4-6-14(11)15-12-7-9-13(10-8-12)16(2)3/h7-11,14-15H,4-6H2,1-3H3. The van der Waals surface area contributed by atoms with Crippen LogP contribution in [0.5, 0.6) is 0 Å². The van der Waals surface area contributed by atoms with Crippen LogP contribution in [-0.2, 0) is 0 Å². The molecule has 1 aromatic rings. The van der Waals surface area contributed by atoms with Gasteiger partial charge in [0.05, 0.1) is 0 Å². The van der Waals surface area contributed by atoms with Gasteiger partial charge in [0.1, 0.15) is 0 Å². The maximum absolute atomic E-state index is 3.64.